The summed E-state index contributed by atoms with van der Waals surface area (Å²) in [6.45, 7) is 0.755. The quantitative estimate of drug-likeness (QED) is 0.780. The largest absolute Gasteiger partial charge is 0.373 e. The molecule has 2 aromatic heterocycles. The summed E-state index contributed by atoms with van der Waals surface area (Å²) in [5, 5.41) is 0. The van der Waals surface area contributed by atoms with Crippen LogP contribution < -0.4 is 0 Å². The van der Waals surface area contributed by atoms with Gasteiger partial charge in [0.15, 0.2) is 0 Å². The van der Waals surface area contributed by atoms with Gasteiger partial charge in [0.1, 0.15) is 0 Å². The molecule has 0 radical (unpaired) electrons. The number of nitrogens with zero attached hydrogens (tertiary/aromatic N) is 1. The molecular formula is C15H19NO. The first-order chi connectivity index (χ1) is 8.43. The normalized spacial score (nSPS) is 17.6. The maximum atomic E-state index is 6.02. The van der Waals surface area contributed by atoms with Crippen molar-refractivity contribution in [1.82, 2.24) is 4.40 Å². The molecule has 2 heteroatoms. The van der Waals surface area contributed by atoms with Crippen LogP contribution in [0, 0.1) is 0 Å². The molecule has 1 aliphatic rings. The Morgan fingerprint density at radius 3 is 2.82 bits per heavy atom. The highest BCUT2D eigenvalue weighted by molar-refractivity contribution is 5.55. The maximum Gasteiger partial charge on any atom is 0.0741 e. The molecule has 0 N–H and O–H groups in total. The number of pyridine rings is 1. The van der Waals surface area contributed by atoms with Crippen LogP contribution in [0.2, 0.25) is 0 Å². The van der Waals surface area contributed by atoms with E-state index in [0.717, 1.165) is 6.61 Å². The molecule has 1 fully saturated rings. The third-order valence-corrected chi connectivity index (χ3v) is 3.68. The zero-order chi connectivity index (χ0) is 11.5. The van der Waals surface area contributed by atoms with E-state index in [9.17, 15) is 0 Å². The zero-order valence-corrected chi connectivity index (χ0v) is 10.1. The minimum atomic E-state index is 0.488. The third kappa shape index (κ3) is 2.37. The molecule has 0 aliphatic heterocycles. The summed E-state index contributed by atoms with van der Waals surface area (Å²) in [5.41, 5.74) is 2.57. The molecular weight excluding hydrogens is 210 g/mol. The van der Waals surface area contributed by atoms with Gasteiger partial charge in [-0.25, -0.2) is 0 Å². The van der Waals surface area contributed by atoms with Crippen LogP contribution >= 0.6 is 0 Å². The molecule has 2 aromatic rings. The van der Waals surface area contributed by atoms with Crippen LogP contribution in [-0.2, 0) is 11.3 Å². The Labute approximate surface area is 102 Å². The Balaban J connectivity index is 1.68. The fourth-order valence-corrected chi connectivity index (χ4v) is 2.68. The van der Waals surface area contributed by atoms with Crippen LogP contribution in [0.3, 0.4) is 0 Å². The molecule has 1 saturated carbocycles. The van der Waals surface area contributed by atoms with Gasteiger partial charge in [-0.2, -0.15) is 0 Å². The van der Waals surface area contributed by atoms with Gasteiger partial charge < -0.3 is 9.14 Å². The van der Waals surface area contributed by atoms with E-state index in [4.69, 9.17) is 4.74 Å². The highest BCUT2D eigenvalue weighted by Crippen LogP contribution is 2.22. The lowest BCUT2D eigenvalue weighted by atomic mass is 9.98. The molecule has 0 unspecified atom stereocenters. The summed E-state index contributed by atoms with van der Waals surface area (Å²) in [7, 11) is 0. The van der Waals surface area contributed by atoms with Gasteiger partial charge in [-0.3, -0.25) is 0 Å². The van der Waals surface area contributed by atoms with Crippen molar-refractivity contribution < 1.29 is 4.74 Å². The molecule has 0 atom stereocenters. The molecule has 1 aliphatic carbocycles. The van der Waals surface area contributed by atoms with Crippen LogP contribution in [0.15, 0.2) is 36.7 Å². The number of hydrogen-bond acceptors (Lipinski definition) is 1. The highest BCUT2D eigenvalue weighted by atomic mass is 16.5. The summed E-state index contributed by atoms with van der Waals surface area (Å²) in [6, 6.07) is 8.45. The topological polar surface area (TPSA) is 13.6 Å². The van der Waals surface area contributed by atoms with Gasteiger partial charge in [-0.15, -0.1) is 0 Å². The molecule has 0 aromatic carbocycles. The standard InChI is InChI=1S/C15H19NO/c1-2-6-14(7-3-1)17-12-13-9-11-16-10-5-4-8-15(13)16/h4-5,8-11,14H,1-3,6-7,12H2. The van der Waals surface area contributed by atoms with E-state index in [1.807, 2.05) is 0 Å². The average molecular weight is 229 g/mol. The summed E-state index contributed by atoms with van der Waals surface area (Å²) in [4.78, 5) is 0. The van der Waals surface area contributed by atoms with Gasteiger partial charge in [0.25, 0.3) is 0 Å². The molecule has 2 nitrogen and oxygen atoms in total. The van der Waals surface area contributed by atoms with E-state index in [-0.39, 0.29) is 0 Å². The number of ether oxygens (including phenoxy) is 1. The minimum absolute atomic E-state index is 0.488. The van der Waals surface area contributed by atoms with Gasteiger partial charge in [0, 0.05) is 18.0 Å². The smallest absolute Gasteiger partial charge is 0.0741 e. The molecule has 90 valence electrons. The zero-order valence-electron chi connectivity index (χ0n) is 10.1. The van der Waals surface area contributed by atoms with E-state index >= 15 is 0 Å². The molecule has 17 heavy (non-hydrogen) atoms. The fraction of sp³-hybridized carbons (Fsp3) is 0.467. The Morgan fingerprint density at radius 2 is 1.94 bits per heavy atom. The van der Waals surface area contributed by atoms with Gasteiger partial charge >= 0.3 is 0 Å². The Bertz CT molecular complexity index is 482. The lowest BCUT2D eigenvalue weighted by molar-refractivity contribution is 0.0174. The van der Waals surface area contributed by atoms with E-state index in [1.165, 1.54) is 43.2 Å². The van der Waals surface area contributed by atoms with Crippen LogP contribution in [0.1, 0.15) is 37.7 Å². The van der Waals surface area contributed by atoms with Crippen LogP contribution in [0.5, 0.6) is 0 Å². The second kappa shape index (κ2) is 4.92. The summed E-state index contributed by atoms with van der Waals surface area (Å²) < 4.78 is 8.17. The fourth-order valence-electron chi connectivity index (χ4n) is 2.68. The van der Waals surface area contributed by atoms with E-state index < -0.39 is 0 Å². The van der Waals surface area contributed by atoms with Crippen molar-refractivity contribution in [2.75, 3.05) is 0 Å². The monoisotopic (exact) mass is 229 g/mol. The number of aromatic nitrogens is 1. The van der Waals surface area contributed by atoms with Gasteiger partial charge in [-0.1, -0.05) is 25.3 Å². The molecule has 0 saturated heterocycles. The van der Waals surface area contributed by atoms with Crippen molar-refractivity contribution in [1.29, 1.82) is 0 Å². The predicted molar refractivity (Wildman–Crippen MR) is 69.1 cm³/mol. The van der Waals surface area contributed by atoms with Crippen molar-refractivity contribution in [2.45, 2.75) is 44.8 Å². The Morgan fingerprint density at radius 1 is 1.06 bits per heavy atom. The van der Waals surface area contributed by atoms with Crippen molar-refractivity contribution in [3.05, 3.63) is 42.2 Å². The first kappa shape index (κ1) is 10.8. The van der Waals surface area contributed by atoms with E-state index in [2.05, 4.69) is 41.1 Å². The van der Waals surface area contributed by atoms with Crippen LogP contribution in [0.4, 0.5) is 0 Å². The summed E-state index contributed by atoms with van der Waals surface area (Å²) >= 11 is 0. The molecule has 0 bridgehead atoms. The lowest BCUT2D eigenvalue weighted by Crippen LogP contribution is -2.16. The van der Waals surface area contributed by atoms with Gasteiger partial charge in [0.05, 0.1) is 18.2 Å². The average Bonchev–Trinajstić information content (AvgIpc) is 2.81. The SMILES string of the molecule is c1ccn2ccc(COC3CCCCC3)c2c1. The lowest BCUT2D eigenvalue weighted by Gasteiger charge is -2.21. The van der Waals surface area contributed by atoms with Gasteiger partial charge in [0.2, 0.25) is 0 Å². The number of hydrogen-bond donors (Lipinski definition) is 0. The first-order valence-corrected chi connectivity index (χ1v) is 6.60. The highest BCUT2D eigenvalue weighted by Gasteiger charge is 2.14. The molecule has 2 heterocycles. The van der Waals surface area contributed by atoms with Crippen LogP contribution in [0.25, 0.3) is 5.52 Å². The second-order valence-electron chi connectivity index (χ2n) is 4.91. The third-order valence-electron chi connectivity index (χ3n) is 3.68. The first-order valence-electron chi connectivity index (χ1n) is 6.60. The molecule has 0 amide bonds. The number of fused-ring (bicyclic) bond motifs is 1. The summed E-state index contributed by atoms with van der Waals surface area (Å²) in [5.74, 6) is 0. The van der Waals surface area contributed by atoms with Crippen molar-refractivity contribution in [3.8, 4) is 0 Å². The van der Waals surface area contributed by atoms with Crippen molar-refractivity contribution in [3.63, 3.8) is 0 Å². The van der Waals surface area contributed by atoms with Crippen molar-refractivity contribution >= 4 is 5.52 Å². The van der Waals surface area contributed by atoms with Gasteiger partial charge in [-0.05, 0) is 31.0 Å². The maximum absolute atomic E-state index is 6.02. The Hall–Kier alpha value is -1.28. The molecule has 3 rings (SSSR count). The van der Waals surface area contributed by atoms with Crippen molar-refractivity contribution in [2.24, 2.45) is 0 Å². The second-order valence-corrected chi connectivity index (χ2v) is 4.91. The van der Waals surface area contributed by atoms with E-state index in [0.29, 0.717) is 6.10 Å². The summed E-state index contributed by atoms with van der Waals surface area (Å²) in [6.07, 6.45) is 11.2. The molecule has 0 spiro atoms. The number of rotatable bonds is 3. The minimum Gasteiger partial charge on any atom is -0.373 e. The van der Waals surface area contributed by atoms with Crippen LogP contribution in [-0.4, -0.2) is 10.5 Å². The van der Waals surface area contributed by atoms with E-state index in [1.54, 1.807) is 0 Å². The predicted octanol–water partition coefficient (Wildman–Crippen LogP) is 3.79. The Kier molecular flexibility index (Phi) is 3.14.